The fraction of sp³-hybridized carbons (Fsp3) is 0.273. The molecular formula is C11H13N3O4S. The lowest BCUT2D eigenvalue weighted by molar-refractivity contribution is -0.139. The molecule has 0 bridgehead atoms. The highest BCUT2D eigenvalue weighted by Gasteiger charge is 2.18. The van der Waals surface area contributed by atoms with Gasteiger partial charge in [-0.15, -0.1) is 0 Å². The predicted octanol–water partition coefficient (Wildman–Crippen LogP) is 0.868. The molecule has 0 aliphatic heterocycles. The van der Waals surface area contributed by atoms with E-state index in [0.717, 1.165) is 0 Å². The molecule has 2 N–H and O–H groups in total. The second-order valence-corrected chi connectivity index (χ2v) is 5.49. The van der Waals surface area contributed by atoms with Crippen LogP contribution < -0.4 is 4.72 Å². The molecule has 102 valence electrons. The molecule has 1 heterocycles. The van der Waals surface area contributed by atoms with Gasteiger partial charge in [0.25, 0.3) is 0 Å². The molecule has 8 heteroatoms. The van der Waals surface area contributed by atoms with Gasteiger partial charge in [0.2, 0.25) is 16.0 Å². The Morgan fingerprint density at radius 3 is 2.84 bits per heavy atom. The van der Waals surface area contributed by atoms with E-state index in [1.807, 2.05) is 0 Å². The number of esters is 1. The number of nitrogens with zero attached hydrogens (tertiary/aromatic N) is 1. The number of carbonyl (C=O) groups excluding carboxylic acids is 1. The molecule has 0 spiro atoms. The van der Waals surface area contributed by atoms with E-state index in [1.54, 1.807) is 31.2 Å². The molecule has 19 heavy (non-hydrogen) atoms. The predicted molar refractivity (Wildman–Crippen MR) is 70.1 cm³/mol. The average Bonchev–Trinajstić information content (AvgIpc) is 2.69. The van der Waals surface area contributed by atoms with Crippen molar-refractivity contribution in [2.24, 2.45) is 0 Å². The number of ether oxygens (including phenoxy) is 1. The van der Waals surface area contributed by atoms with E-state index >= 15 is 0 Å². The van der Waals surface area contributed by atoms with Crippen molar-refractivity contribution in [1.82, 2.24) is 9.97 Å². The molecule has 0 radical (unpaired) electrons. The van der Waals surface area contributed by atoms with Gasteiger partial charge in [-0.05, 0) is 19.1 Å². The van der Waals surface area contributed by atoms with E-state index in [0.29, 0.717) is 11.0 Å². The second-order valence-electron chi connectivity index (χ2n) is 3.77. The fourth-order valence-corrected chi connectivity index (χ4v) is 2.40. The topological polar surface area (TPSA) is 101 Å². The fourth-order valence-electron chi connectivity index (χ4n) is 1.54. The Balaban J connectivity index is 2.13. The summed E-state index contributed by atoms with van der Waals surface area (Å²) >= 11 is 0. The first-order valence-electron chi connectivity index (χ1n) is 5.61. The monoisotopic (exact) mass is 283 g/mol. The number of imidazole rings is 1. The summed E-state index contributed by atoms with van der Waals surface area (Å²) in [5.41, 5.74) is 1.34. The number of rotatable bonds is 5. The number of carbonyl (C=O) groups is 1. The maximum atomic E-state index is 11.7. The molecule has 0 fully saturated rings. The molecule has 2 rings (SSSR count). The quantitative estimate of drug-likeness (QED) is 0.793. The lowest BCUT2D eigenvalue weighted by Gasteiger charge is -2.04. The van der Waals surface area contributed by atoms with Crippen molar-refractivity contribution in [3.63, 3.8) is 0 Å². The SMILES string of the molecule is CCOC(=O)CS(=O)(=O)Nc1nc2ccccc2[nH]1. The zero-order chi connectivity index (χ0) is 13.9. The minimum absolute atomic E-state index is 0.0745. The van der Waals surface area contributed by atoms with Crippen LogP contribution in [0.4, 0.5) is 5.95 Å². The molecule has 0 aliphatic carbocycles. The first kappa shape index (κ1) is 13.3. The first-order chi connectivity index (χ1) is 9.00. The second kappa shape index (κ2) is 5.27. The minimum atomic E-state index is -3.82. The number of aromatic amines is 1. The van der Waals surface area contributed by atoms with Crippen LogP contribution in [0.1, 0.15) is 6.92 Å². The molecule has 0 amide bonds. The summed E-state index contributed by atoms with van der Waals surface area (Å²) in [7, 11) is -3.82. The molecule has 0 saturated heterocycles. The highest BCUT2D eigenvalue weighted by Crippen LogP contribution is 2.14. The Labute approximate surface area is 110 Å². The van der Waals surface area contributed by atoms with Crippen molar-refractivity contribution in [2.75, 3.05) is 17.1 Å². The summed E-state index contributed by atoms with van der Waals surface area (Å²) < 4.78 is 30.2. The number of H-pyrrole nitrogens is 1. The highest BCUT2D eigenvalue weighted by atomic mass is 32.2. The van der Waals surface area contributed by atoms with Crippen LogP contribution in [0.2, 0.25) is 0 Å². The summed E-state index contributed by atoms with van der Waals surface area (Å²) in [5, 5.41) is 0. The van der Waals surface area contributed by atoms with Gasteiger partial charge in [0.15, 0.2) is 5.75 Å². The molecule has 1 aromatic heterocycles. The maximum Gasteiger partial charge on any atom is 0.323 e. The van der Waals surface area contributed by atoms with E-state index in [4.69, 9.17) is 0 Å². The molecule has 0 unspecified atom stereocenters. The summed E-state index contributed by atoms with van der Waals surface area (Å²) in [5.74, 6) is -1.46. The molecule has 1 aromatic carbocycles. The van der Waals surface area contributed by atoms with Gasteiger partial charge in [0, 0.05) is 0 Å². The third kappa shape index (κ3) is 3.44. The van der Waals surface area contributed by atoms with Crippen LogP contribution >= 0.6 is 0 Å². The lowest BCUT2D eigenvalue weighted by atomic mass is 10.3. The number of aromatic nitrogens is 2. The molecule has 0 atom stereocenters. The molecule has 7 nitrogen and oxygen atoms in total. The van der Waals surface area contributed by atoms with Crippen molar-refractivity contribution >= 4 is 33.0 Å². The first-order valence-corrected chi connectivity index (χ1v) is 7.26. The highest BCUT2D eigenvalue weighted by molar-refractivity contribution is 7.93. The molecular weight excluding hydrogens is 270 g/mol. The van der Waals surface area contributed by atoms with E-state index < -0.39 is 21.7 Å². The van der Waals surface area contributed by atoms with Gasteiger partial charge >= 0.3 is 5.97 Å². The number of hydrogen-bond donors (Lipinski definition) is 2. The van der Waals surface area contributed by atoms with Crippen LogP contribution in [-0.4, -0.2) is 36.7 Å². The van der Waals surface area contributed by atoms with Crippen LogP contribution in [-0.2, 0) is 19.6 Å². The smallest absolute Gasteiger partial charge is 0.323 e. The van der Waals surface area contributed by atoms with Crippen LogP contribution in [0, 0.1) is 0 Å². The third-order valence-corrected chi connectivity index (χ3v) is 3.37. The van der Waals surface area contributed by atoms with Gasteiger partial charge in [-0.2, -0.15) is 0 Å². The Morgan fingerprint density at radius 1 is 1.42 bits per heavy atom. The Hall–Kier alpha value is -2.09. The van der Waals surface area contributed by atoms with Crippen LogP contribution in [0.15, 0.2) is 24.3 Å². The van der Waals surface area contributed by atoms with Crippen LogP contribution in [0.5, 0.6) is 0 Å². The van der Waals surface area contributed by atoms with Crippen molar-refractivity contribution in [1.29, 1.82) is 0 Å². The van der Waals surface area contributed by atoms with Crippen molar-refractivity contribution in [2.45, 2.75) is 6.92 Å². The van der Waals surface area contributed by atoms with Crippen LogP contribution in [0.25, 0.3) is 11.0 Å². The van der Waals surface area contributed by atoms with Gasteiger partial charge in [0.05, 0.1) is 17.6 Å². The number of nitrogens with one attached hydrogen (secondary N) is 2. The zero-order valence-electron chi connectivity index (χ0n) is 10.2. The number of hydrogen-bond acceptors (Lipinski definition) is 5. The van der Waals surface area contributed by atoms with Gasteiger partial charge in [-0.3, -0.25) is 9.52 Å². The molecule has 2 aromatic rings. The summed E-state index contributed by atoms with van der Waals surface area (Å²) in [6, 6.07) is 7.11. The normalized spacial score (nSPS) is 11.4. The van der Waals surface area contributed by atoms with Crippen LogP contribution in [0.3, 0.4) is 0 Å². The number of anilines is 1. The van der Waals surface area contributed by atoms with Crippen molar-refractivity contribution in [3.05, 3.63) is 24.3 Å². The molecule has 0 aliphatic rings. The van der Waals surface area contributed by atoms with Crippen molar-refractivity contribution in [3.8, 4) is 0 Å². The maximum absolute atomic E-state index is 11.7. The Morgan fingerprint density at radius 2 is 2.16 bits per heavy atom. The zero-order valence-corrected chi connectivity index (χ0v) is 11.0. The van der Waals surface area contributed by atoms with E-state index in [1.165, 1.54) is 0 Å². The van der Waals surface area contributed by atoms with Gasteiger partial charge < -0.3 is 9.72 Å². The van der Waals surface area contributed by atoms with E-state index in [2.05, 4.69) is 19.4 Å². The summed E-state index contributed by atoms with van der Waals surface area (Å²) in [6.45, 7) is 1.75. The Kier molecular flexibility index (Phi) is 3.70. The van der Waals surface area contributed by atoms with E-state index in [9.17, 15) is 13.2 Å². The standard InChI is InChI=1S/C11H13N3O4S/c1-2-18-10(15)7-19(16,17)14-11-12-8-5-3-4-6-9(8)13-11/h3-6H,2,7H2,1H3,(H2,12,13,14). The minimum Gasteiger partial charge on any atom is -0.465 e. The third-order valence-electron chi connectivity index (χ3n) is 2.25. The summed E-state index contributed by atoms with van der Waals surface area (Å²) in [6.07, 6.45) is 0. The van der Waals surface area contributed by atoms with Gasteiger partial charge in [0.1, 0.15) is 0 Å². The largest absolute Gasteiger partial charge is 0.465 e. The van der Waals surface area contributed by atoms with Crippen molar-refractivity contribution < 1.29 is 17.9 Å². The Bertz CT molecular complexity index is 660. The average molecular weight is 283 g/mol. The number of sulfonamides is 1. The molecule has 0 saturated carbocycles. The number of para-hydroxylation sites is 2. The lowest BCUT2D eigenvalue weighted by Crippen LogP contribution is -2.24. The number of benzene rings is 1. The van der Waals surface area contributed by atoms with E-state index in [-0.39, 0.29) is 12.6 Å². The summed E-state index contributed by atoms with van der Waals surface area (Å²) in [4.78, 5) is 18.0. The number of fused-ring (bicyclic) bond motifs is 1. The van der Waals surface area contributed by atoms with Gasteiger partial charge in [-0.25, -0.2) is 13.4 Å². The van der Waals surface area contributed by atoms with Gasteiger partial charge in [-0.1, -0.05) is 12.1 Å².